The first-order chi connectivity index (χ1) is 9.61. The number of carbonyl (C=O) groups is 1. The summed E-state index contributed by atoms with van der Waals surface area (Å²) < 4.78 is 6.66. The Hall–Kier alpha value is -1.07. The Morgan fingerprint density at radius 3 is 3.05 bits per heavy atom. The van der Waals surface area contributed by atoms with Crippen molar-refractivity contribution < 1.29 is 14.6 Å². The van der Waals surface area contributed by atoms with Gasteiger partial charge in [-0.05, 0) is 24.1 Å². The molecule has 0 radical (unpaired) electrons. The molecule has 1 aromatic carbocycles. The molecule has 1 aliphatic heterocycles. The molecule has 0 saturated heterocycles. The summed E-state index contributed by atoms with van der Waals surface area (Å²) in [6.07, 6.45) is 3.49. The predicted molar refractivity (Wildman–Crippen MR) is 81.1 cm³/mol. The van der Waals surface area contributed by atoms with Crippen LogP contribution in [-0.2, 0) is 17.8 Å². The fourth-order valence-electron chi connectivity index (χ4n) is 2.43. The van der Waals surface area contributed by atoms with Gasteiger partial charge in [-0.25, -0.2) is 0 Å². The number of fused-ring (bicyclic) bond motifs is 1. The molecule has 1 heterocycles. The summed E-state index contributed by atoms with van der Waals surface area (Å²) in [5, 5.41) is 12.3. The highest BCUT2D eigenvalue weighted by Gasteiger charge is 2.20. The van der Waals surface area contributed by atoms with Crippen molar-refractivity contribution >= 4 is 21.9 Å². The molecule has 0 spiro atoms. The third-order valence-corrected chi connectivity index (χ3v) is 3.97. The minimum absolute atomic E-state index is 0.494. The molecule has 0 saturated carbocycles. The molecule has 20 heavy (non-hydrogen) atoms. The van der Waals surface area contributed by atoms with Gasteiger partial charge in [-0.3, -0.25) is 4.79 Å². The van der Waals surface area contributed by atoms with Gasteiger partial charge in [-0.15, -0.1) is 0 Å². The highest BCUT2D eigenvalue weighted by atomic mass is 79.9. The van der Waals surface area contributed by atoms with Crippen LogP contribution in [0.1, 0.15) is 37.3 Å². The fraction of sp³-hybridized carbons (Fsp3) is 0.533. The van der Waals surface area contributed by atoms with Gasteiger partial charge in [0.25, 0.3) is 0 Å². The number of carboxylic acids is 1. The van der Waals surface area contributed by atoms with Crippen LogP contribution in [0.25, 0.3) is 0 Å². The zero-order chi connectivity index (χ0) is 14.5. The van der Waals surface area contributed by atoms with E-state index in [2.05, 4.69) is 34.2 Å². The number of aliphatic carboxylic acids is 1. The second kappa shape index (κ2) is 7.09. The lowest BCUT2D eigenvalue weighted by molar-refractivity contribution is -0.139. The van der Waals surface area contributed by atoms with Crippen molar-refractivity contribution in [2.75, 3.05) is 6.61 Å². The maximum Gasteiger partial charge on any atom is 0.320 e. The minimum atomic E-state index is -0.786. The quantitative estimate of drug-likeness (QED) is 0.799. The normalized spacial score (nSPS) is 14.7. The van der Waals surface area contributed by atoms with Gasteiger partial charge >= 0.3 is 5.97 Å². The molecular weight excluding hydrogens is 322 g/mol. The van der Waals surface area contributed by atoms with E-state index in [1.54, 1.807) is 0 Å². The summed E-state index contributed by atoms with van der Waals surface area (Å²) in [5.41, 5.74) is 2.21. The second-order valence-electron chi connectivity index (χ2n) is 5.07. The Morgan fingerprint density at radius 2 is 2.35 bits per heavy atom. The van der Waals surface area contributed by atoms with Crippen LogP contribution in [-0.4, -0.2) is 23.7 Å². The number of carboxylic acid groups (broad SMARTS) is 1. The van der Waals surface area contributed by atoms with Crippen LogP contribution < -0.4 is 10.1 Å². The van der Waals surface area contributed by atoms with Gasteiger partial charge in [-0.1, -0.05) is 35.7 Å². The van der Waals surface area contributed by atoms with Crippen molar-refractivity contribution in [3.8, 4) is 5.75 Å². The summed E-state index contributed by atoms with van der Waals surface area (Å²) in [5.74, 6) is 0.131. The summed E-state index contributed by atoms with van der Waals surface area (Å²) in [4.78, 5) is 11.2. The molecule has 0 bridgehead atoms. The van der Waals surface area contributed by atoms with Gasteiger partial charge in [0.1, 0.15) is 11.8 Å². The molecule has 1 aliphatic rings. The maximum absolute atomic E-state index is 11.2. The minimum Gasteiger partial charge on any atom is -0.493 e. The first kappa shape index (κ1) is 15.3. The number of hydrogen-bond acceptors (Lipinski definition) is 3. The average molecular weight is 342 g/mol. The first-order valence-electron chi connectivity index (χ1n) is 7.02. The van der Waals surface area contributed by atoms with Crippen molar-refractivity contribution in [1.82, 2.24) is 5.32 Å². The van der Waals surface area contributed by atoms with Crippen molar-refractivity contribution in [1.29, 1.82) is 0 Å². The van der Waals surface area contributed by atoms with Crippen LogP contribution in [0.15, 0.2) is 16.6 Å². The third-order valence-electron chi connectivity index (χ3n) is 3.51. The molecule has 0 amide bonds. The lowest BCUT2D eigenvalue weighted by Gasteiger charge is -2.16. The first-order valence-corrected chi connectivity index (χ1v) is 7.81. The fourth-order valence-corrected chi connectivity index (χ4v) is 2.98. The van der Waals surface area contributed by atoms with Crippen LogP contribution in [0.4, 0.5) is 0 Å². The molecular formula is C15H20BrNO3. The summed E-state index contributed by atoms with van der Waals surface area (Å²) in [6, 6.07) is 3.57. The number of halogens is 1. The largest absolute Gasteiger partial charge is 0.493 e. The molecule has 1 aromatic rings. The molecule has 0 aromatic heterocycles. The highest BCUT2D eigenvalue weighted by molar-refractivity contribution is 9.10. The van der Waals surface area contributed by atoms with E-state index in [1.165, 1.54) is 5.56 Å². The molecule has 5 heteroatoms. The number of hydrogen-bond donors (Lipinski definition) is 2. The van der Waals surface area contributed by atoms with Crippen molar-refractivity contribution in [2.45, 2.75) is 45.2 Å². The second-order valence-corrected chi connectivity index (χ2v) is 5.98. The van der Waals surface area contributed by atoms with Crippen molar-refractivity contribution in [2.24, 2.45) is 0 Å². The standard InChI is InChI=1S/C15H20BrNO3/c1-2-3-4-13(15(18)19)17-9-11-8-12(16)7-10-5-6-20-14(10)11/h7-8,13,17H,2-6,9H2,1H3,(H,18,19)/t13-/m0/s1. The van der Waals surface area contributed by atoms with Crippen LogP contribution in [0.2, 0.25) is 0 Å². The number of rotatable bonds is 7. The molecule has 0 aliphatic carbocycles. The molecule has 110 valence electrons. The van der Waals surface area contributed by atoms with E-state index < -0.39 is 12.0 Å². The number of benzene rings is 1. The molecule has 1 atom stereocenters. The van der Waals surface area contributed by atoms with E-state index in [0.29, 0.717) is 19.6 Å². The monoisotopic (exact) mass is 341 g/mol. The van der Waals surface area contributed by atoms with E-state index in [4.69, 9.17) is 4.74 Å². The molecule has 0 fully saturated rings. The van der Waals surface area contributed by atoms with E-state index >= 15 is 0 Å². The van der Waals surface area contributed by atoms with Crippen LogP contribution in [0.5, 0.6) is 5.75 Å². The topological polar surface area (TPSA) is 58.6 Å². The lowest BCUT2D eigenvalue weighted by atomic mass is 10.1. The third kappa shape index (κ3) is 3.73. The Labute approximate surface area is 127 Å². The smallest absolute Gasteiger partial charge is 0.320 e. The Morgan fingerprint density at radius 1 is 1.55 bits per heavy atom. The van der Waals surface area contributed by atoms with Crippen molar-refractivity contribution in [3.05, 3.63) is 27.7 Å². The van der Waals surface area contributed by atoms with Gasteiger partial charge < -0.3 is 15.2 Å². The molecule has 2 rings (SSSR count). The highest BCUT2D eigenvalue weighted by Crippen LogP contribution is 2.32. The van der Waals surface area contributed by atoms with Crippen LogP contribution in [0, 0.1) is 0 Å². The number of unbranched alkanes of at least 4 members (excludes halogenated alkanes) is 1. The van der Waals surface area contributed by atoms with E-state index in [-0.39, 0.29) is 0 Å². The molecule has 4 nitrogen and oxygen atoms in total. The molecule has 0 unspecified atom stereocenters. The van der Waals surface area contributed by atoms with Gasteiger partial charge in [0.15, 0.2) is 0 Å². The van der Waals surface area contributed by atoms with Crippen LogP contribution >= 0.6 is 15.9 Å². The predicted octanol–water partition coefficient (Wildman–Crippen LogP) is 3.12. The summed E-state index contributed by atoms with van der Waals surface area (Å²) in [7, 11) is 0. The van der Waals surface area contributed by atoms with E-state index in [1.807, 2.05) is 6.07 Å². The van der Waals surface area contributed by atoms with E-state index in [9.17, 15) is 9.90 Å². The van der Waals surface area contributed by atoms with Gasteiger partial charge in [0.05, 0.1) is 6.61 Å². The van der Waals surface area contributed by atoms with Gasteiger partial charge in [0.2, 0.25) is 0 Å². The number of ether oxygens (including phenoxy) is 1. The lowest BCUT2D eigenvalue weighted by Crippen LogP contribution is -2.36. The van der Waals surface area contributed by atoms with Crippen molar-refractivity contribution in [3.63, 3.8) is 0 Å². The van der Waals surface area contributed by atoms with Crippen LogP contribution in [0.3, 0.4) is 0 Å². The van der Waals surface area contributed by atoms with Gasteiger partial charge in [-0.2, -0.15) is 0 Å². The zero-order valence-corrected chi connectivity index (χ0v) is 13.2. The van der Waals surface area contributed by atoms with Gasteiger partial charge in [0, 0.05) is 23.0 Å². The number of nitrogens with one attached hydrogen (secondary N) is 1. The average Bonchev–Trinajstić information content (AvgIpc) is 2.86. The SMILES string of the molecule is CCCC[C@H](NCc1cc(Br)cc2c1OCC2)C(=O)O. The zero-order valence-electron chi connectivity index (χ0n) is 11.6. The maximum atomic E-state index is 11.2. The Bertz CT molecular complexity index is 490. The summed E-state index contributed by atoms with van der Waals surface area (Å²) >= 11 is 3.49. The van der Waals surface area contributed by atoms with E-state index in [0.717, 1.165) is 35.0 Å². The molecule has 2 N–H and O–H groups in total. The Kier molecular flexibility index (Phi) is 5.43. The summed E-state index contributed by atoms with van der Waals surface area (Å²) in [6.45, 7) is 3.29. The Balaban J connectivity index is 2.04.